The average molecular weight is 1830 g/mol. The van der Waals surface area contributed by atoms with Crippen molar-refractivity contribution in [2.75, 3.05) is 53.4 Å². The van der Waals surface area contributed by atoms with E-state index in [4.69, 9.17) is 28.2 Å². The van der Waals surface area contributed by atoms with E-state index in [9.17, 15) is 110 Å². The van der Waals surface area contributed by atoms with Crippen molar-refractivity contribution in [2.45, 2.75) is 74.7 Å². The number of aromatic carboxylic acids is 1. The lowest BCUT2D eigenvalue weighted by Gasteiger charge is -2.11. The van der Waals surface area contributed by atoms with Gasteiger partial charge in [-0.2, -0.15) is 0 Å². The number of anilines is 6. The van der Waals surface area contributed by atoms with Crippen molar-refractivity contribution in [3.63, 3.8) is 0 Å². The molecule has 10 aromatic rings. The summed E-state index contributed by atoms with van der Waals surface area (Å²) in [5, 5.41) is 8.80. The number of sulfonamides is 4. The fourth-order valence-corrected chi connectivity index (χ4v) is 14.4. The molecule has 11 N–H and O–H groups in total. The van der Waals surface area contributed by atoms with Gasteiger partial charge < -0.3 is 26.5 Å². The average Bonchev–Trinajstić information content (AvgIpc) is 1.70. The predicted molar refractivity (Wildman–Crippen MR) is 413 cm³/mol. The minimum Gasteiger partial charge on any atom is -0.477 e. The highest BCUT2D eigenvalue weighted by atomic mass is 79.9. The number of carbonyl (C=O) groups excluding carboxylic acids is 4. The van der Waals surface area contributed by atoms with Gasteiger partial charge in [0, 0.05) is 56.1 Å². The maximum atomic E-state index is 14.8. The van der Waals surface area contributed by atoms with E-state index >= 15 is 0 Å². The molecular formula is C70H69Br2ClF12N10O14S4. The van der Waals surface area contributed by atoms with Crippen LogP contribution < -0.4 is 30.4 Å². The van der Waals surface area contributed by atoms with Crippen LogP contribution in [0.5, 0.6) is 0 Å². The number of pyridine rings is 2. The summed E-state index contributed by atoms with van der Waals surface area (Å²) in [5.41, 5.74) is 4.95. The third-order valence-electron chi connectivity index (χ3n) is 13.9. The van der Waals surface area contributed by atoms with E-state index in [1.165, 1.54) is 18.5 Å². The molecule has 0 radical (unpaired) electrons. The lowest BCUT2D eigenvalue weighted by Crippen LogP contribution is -2.18. The second-order valence-corrected chi connectivity index (χ2v) is 32.2. The second kappa shape index (κ2) is 43.2. The molecule has 0 unspecified atom stereocenters. The number of H-pyrrole nitrogens is 2. The first kappa shape index (κ1) is 97.1. The Morgan fingerprint density at radius 1 is 0.451 bits per heavy atom. The summed E-state index contributed by atoms with van der Waals surface area (Å²) in [6.45, 7) is 8.64. The molecule has 24 nitrogen and oxygen atoms in total. The van der Waals surface area contributed by atoms with Crippen molar-refractivity contribution in [2.24, 2.45) is 0 Å². The number of nitrogen functional groups attached to an aromatic ring is 2. The third-order valence-corrected chi connectivity index (χ3v) is 20.8. The molecule has 0 spiro atoms. The number of hydrogen-bond acceptors (Lipinski definition) is 17. The van der Waals surface area contributed by atoms with Crippen LogP contribution >= 0.6 is 43.5 Å². The molecular weight excluding hydrogens is 1760 g/mol. The number of fused-ring (bicyclic) bond motifs is 2. The molecule has 4 aromatic heterocycles. The van der Waals surface area contributed by atoms with E-state index in [1.54, 1.807) is 40.0 Å². The minimum atomic E-state index is -3.80. The van der Waals surface area contributed by atoms with Crippen LogP contribution in [-0.4, -0.2) is 110 Å². The number of carboxylic acids is 1. The molecule has 0 aliphatic heterocycles. The molecule has 0 saturated heterocycles. The van der Waals surface area contributed by atoms with Crippen molar-refractivity contribution in [1.82, 2.24) is 19.9 Å². The predicted octanol–water partition coefficient (Wildman–Crippen LogP) is 16.9. The molecule has 0 fully saturated rings. The topological polar surface area (TPSA) is 400 Å². The molecule has 0 aliphatic carbocycles. The van der Waals surface area contributed by atoms with E-state index < -0.39 is 189 Å². The second-order valence-electron chi connectivity index (χ2n) is 22.7. The highest BCUT2D eigenvalue weighted by Crippen LogP contribution is 2.31. The number of ketones is 3. The molecule has 43 heteroatoms. The summed E-state index contributed by atoms with van der Waals surface area (Å²) in [6.07, 6.45) is 7.79. The van der Waals surface area contributed by atoms with Gasteiger partial charge in [-0.05, 0) is 174 Å². The Kier molecular flexibility index (Phi) is 37.1. The SMILES string of the molecule is Brc1cnc2[nH]ccc2c1.C.CC(=O)c1c(F)ccc(N)c1F.CCCS(=O)(=O)Nc1ccc(F)c(C(=O)Cl)c1F.CCCS(=O)(=O)Nc1ccc(F)c(C(=O)O)c1F.CCCS(=O)(=O)Nc1ccc(F)c(C(=O)c2c[nH]c3ncc(Br)cc23)c1F.CCCS(=O)(=O)Nc1ccc(F)c(C(C)=O)c1F.Nc1ccc(F)cc1F. The van der Waals surface area contributed by atoms with Crippen molar-refractivity contribution < 1.29 is 115 Å². The molecule has 0 saturated carbocycles. The molecule has 0 atom stereocenters. The van der Waals surface area contributed by atoms with Gasteiger partial charge in [0.15, 0.2) is 40.7 Å². The number of aromatic amines is 2. The zero-order valence-corrected chi connectivity index (χ0v) is 66.0. The van der Waals surface area contributed by atoms with Crippen LogP contribution in [0.2, 0.25) is 0 Å². The number of benzene rings is 6. The van der Waals surface area contributed by atoms with Crippen LogP contribution in [0.4, 0.5) is 86.8 Å². The molecule has 0 aliphatic rings. The largest absolute Gasteiger partial charge is 0.477 e. The third kappa shape index (κ3) is 28.5. The van der Waals surface area contributed by atoms with E-state index in [0.29, 0.717) is 47.3 Å². The first-order chi connectivity index (χ1) is 52.2. The van der Waals surface area contributed by atoms with Crippen molar-refractivity contribution >= 4 is 168 Å². The number of rotatable bonds is 22. The monoisotopic (exact) mass is 1820 g/mol. The van der Waals surface area contributed by atoms with Crippen molar-refractivity contribution in [3.8, 4) is 0 Å². The number of carbonyl (C=O) groups is 5. The summed E-state index contributed by atoms with van der Waals surface area (Å²) in [5.74, 6) is -18.0. The molecule has 6 aromatic carbocycles. The Balaban J connectivity index is 0.000000350. The van der Waals surface area contributed by atoms with Crippen LogP contribution in [0.15, 0.2) is 131 Å². The molecule has 10 rings (SSSR count). The summed E-state index contributed by atoms with van der Waals surface area (Å²) < 4.78 is 261. The molecule has 113 heavy (non-hydrogen) atoms. The highest BCUT2D eigenvalue weighted by Gasteiger charge is 2.28. The smallest absolute Gasteiger partial charge is 0.341 e. The summed E-state index contributed by atoms with van der Waals surface area (Å²) in [4.78, 5) is 70.0. The van der Waals surface area contributed by atoms with Crippen LogP contribution in [0.25, 0.3) is 22.1 Å². The minimum absolute atomic E-state index is 0. The Bertz CT molecular complexity index is 5380. The van der Waals surface area contributed by atoms with Crippen LogP contribution in [0, 0.1) is 69.8 Å². The van der Waals surface area contributed by atoms with Crippen molar-refractivity contribution in [1.29, 1.82) is 0 Å². The van der Waals surface area contributed by atoms with Gasteiger partial charge in [-0.15, -0.1) is 0 Å². The Labute approximate surface area is 661 Å². The summed E-state index contributed by atoms with van der Waals surface area (Å²) in [6, 6.07) is 17.5. The zero-order valence-electron chi connectivity index (χ0n) is 58.8. The molecule has 0 amide bonds. The van der Waals surface area contributed by atoms with Crippen molar-refractivity contribution in [3.05, 3.63) is 234 Å². The zero-order chi connectivity index (χ0) is 84.7. The number of Topliss-reactive ketones (excluding diaryl/α,β-unsaturated/α-hetero) is 2. The maximum Gasteiger partial charge on any atom is 0.341 e. The number of aromatic nitrogens is 4. The number of carboxylic acid groups (broad SMARTS) is 1. The Morgan fingerprint density at radius 2 is 0.805 bits per heavy atom. The van der Waals surface area contributed by atoms with Gasteiger partial charge in [0.25, 0.3) is 5.24 Å². The number of nitrogens with two attached hydrogens (primary N) is 2. The van der Waals surface area contributed by atoms with Crippen LogP contribution in [0.3, 0.4) is 0 Å². The van der Waals surface area contributed by atoms with E-state index in [0.717, 1.165) is 96.1 Å². The van der Waals surface area contributed by atoms with E-state index in [2.05, 4.69) is 56.5 Å². The normalized spacial score (nSPS) is 10.9. The molecule has 0 bridgehead atoms. The van der Waals surface area contributed by atoms with Crippen LogP contribution in [-0.2, 0) is 40.1 Å². The van der Waals surface area contributed by atoms with Gasteiger partial charge in [0.2, 0.25) is 45.9 Å². The quantitative estimate of drug-likeness (QED) is 0.0132. The lowest BCUT2D eigenvalue weighted by molar-refractivity contribution is 0.0685. The van der Waals surface area contributed by atoms with Gasteiger partial charge in [-0.3, -0.25) is 38.1 Å². The Morgan fingerprint density at radius 3 is 1.19 bits per heavy atom. The fraction of sp³-hybridized carbons (Fsp3) is 0.214. The highest BCUT2D eigenvalue weighted by molar-refractivity contribution is 9.10. The van der Waals surface area contributed by atoms with Crippen LogP contribution in [0.1, 0.15) is 132 Å². The number of hydrogen-bond donors (Lipinski definition) is 9. The number of halogens is 15. The number of nitrogens with zero attached hydrogens (tertiary/aromatic N) is 2. The van der Waals surface area contributed by atoms with Gasteiger partial charge >= 0.3 is 5.97 Å². The lowest BCUT2D eigenvalue weighted by atomic mass is 10.0. The van der Waals surface area contributed by atoms with Gasteiger partial charge in [0.1, 0.15) is 63.1 Å². The van der Waals surface area contributed by atoms with Gasteiger partial charge in [0.05, 0.1) is 73.8 Å². The standard InChI is InChI=1S/C17H14BrF2N3O3S.C11H13F2NO3S.C10H10ClF2NO3S.C10H11F2NO4S.C8H7F2NO.C7H5BrN2.C6H5F2N.CH4/c1-2-5-27(25,26)23-13-4-3-12(19)14(15(13)20)16(24)11-8-22-17-10(11)6-9(18)7-21-17;1-3-6-18(16,17)14-9-5-4-8(12)10(7(2)15)11(9)13;1-2-5-18(16,17)14-7-4-3-6(12)8(9(7)13)10(11)15;1-2-5-18(16,17)13-7-4-3-6(11)8(9(7)12)10(14)15;1-4(12)7-5(9)2-3-6(11)8(7)10;8-6-3-5-1-2-9-7(5)10-4-6;7-4-1-2-6(9)5(8)3-4;/h3-4,6-8,23H,2,5H2,1H3,(H,21,22);4-5,14H,3,6H2,1-2H3;3-4,14H,2,5H2,1H3;3-4,13H,2,5H2,1H3,(H,14,15);2-3H,11H2,1H3;1-4H,(H,9,10);1-3H,9H2;1H4. The first-order valence-corrected chi connectivity index (χ1v) is 40.3. The summed E-state index contributed by atoms with van der Waals surface area (Å²) in [7, 11) is -15.0. The Hall–Kier alpha value is -10.1. The van der Waals surface area contributed by atoms with E-state index in [1.807, 2.05) is 32.5 Å². The maximum absolute atomic E-state index is 14.8. The first-order valence-electron chi connectivity index (χ1n) is 31.8. The number of nitrogens with one attached hydrogen (secondary N) is 6. The molecule has 4 heterocycles. The van der Waals surface area contributed by atoms with Gasteiger partial charge in [-0.1, -0.05) is 35.1 Å². The summed E-state index contributed by atoms with van der Waals surface area (Å²) >= 11 is 11.6. The van der Waals surface area contributed by atoms with Gasteiger partial charge in [-0.25, -0.2) is 101 Å². The fourth-order valence-electron chi connectivity index (χ4n) is 8.99. The molecule has 612 valence electrons. The van der Waals surface area contributed by atoms with E-state index in [-0.39, 0.29) is 47.4 Å².